The molecule has 0 amide bonds. The van der Waals surface area contributed by atoms with Gasteiger partial charge in [0, 0.05) is 22.9 Å². The predicted octanol–water partition coefficient (Wildman–Crippen LogP) is 6.25. The maximum atomic E-state index is 14.0. The second-order valence-corrected chi connectivity index (χ2v) is 8.15. The van der Waals surface area contributed by atoms with Crippen LogP contribution in [-0.4, -0.2) is 14.8 Å². The van der Waals surface area contributed by atoms with Crippen molar-refractivity contribution in [2.24, 2.45) is 0 Å². The van der Waals surface area contributed by atoms with Gasteiger partial charge in [-0.3, -0.25) is 4.57 Å². The summed E-state index contributed by atoms with van der Waals surface area (Å²) >= 11 is 7.50. The SMILES string of the molecule is C=CCn1c(COc2ccc(C(C)C)cc2)nnc1SCc1c(F)cccc1Cl. The van der Waals surface area contributed by atoms with Gasteiger partial charge in [0.2, 0.25) is 0 Å². The van der Waals surface area contributed by atoms with Crippen LogP contribution in [0.2, 0.25) is 5.02 Å². The van der Waals surface area contributed by atoms with E-state index in [2.05, 4.69) is 42.8 Å². The molecule has 0 radical (unpaired) electrons. The molecule has 0 N–H and O–H groups in total. The third-order valence-electron chi connectivity index (χ3n) is 4.43. The highest BCUT2D eigenvalue weighted by molar-refractivity contribution is 7.98. The molecule has 0 bridgehead atoms. The topological polar surface area (TPSA) is 39.9 Å². The number of thioether (sulfide) groups is 1. The van der Waals surface area contributed by atoms with Gasteiger partial charge in [0.1, 0.15) is 18.2 Å². The summed E-state index contributed by atoms with van der Waals surface area (Å²) in [6.45, 7) is 8.92. The lowest BCUT2D eigenvalue weighted by Crippen LogP contribution is -2.07. The molecule has 0 saturated carbocycles. The van der Waals surface area contributed by atoms with E-state index in [9.17, 15) is 4.39 Å². The summed E-state index contributed by atoms with van der Waals surface area (Å²) in [5.74, 6) is 1.96. The Morgan fingerprint density at radius 1 is 1.21 bits per heavy atom. The van der Waals surface area contributed by atoms with Gasteiger partial charge in [-0.2, -0.15) is 0 Å². The van der Waals surface area contributed by atoms with E-state index >= 15 is 0 Å². The monoisotopic (exact) mass is 431 g/mol. The van der Waals surface area contributed by atoms with E-state index in [1.54, 1.807) is 18.2 Å². The zero-order chi connectivity index (χ0) is 20.8. The van der Waals surface area contributed by atoms with Crippen LogP contribution in [0.3, 0.4) is 0 Å². The first kappa shape index (κ1) is 21.4. The van der Waals surface area contributed by atoms with Crippen LogP contribution in [0, 0.1) is 5.82 Å². The van der Waals surface area contributed by atoms with Gasteiger partial charge in [-0.05, 0) is 35.7 Å². The van der Waals surface area contributed by atoms with Crippen molar-refractivity contribution >= 4 is 23.4 Å². The van der Waals surface area contributed by atoms with Gasteiger partial charge in [-0.1, -0.05) is 61.5 Å². The molecule has 1 aromatic heterocycles. The van der Waals surface area contributed by atoms with Crippen molar-refractivity contribution in [1.29, 1.82) is 0 Å². The largest absolute Gasteiger partial charge is 0.486 e. The van der Waals surface area contributed by atoms with Crippen molar-refractivity contribution in [2.45, 2.75) is 43.8 Å². The highest BCUT2D eigenvalue weighted by Gasteiger charge is 2.15. The average Bonchev–Trinajstić information content (AvgIpc) is 3.08. The first-order chi connectivity index (χ1) is 14.0. The Hall–Kier alpha value is -2.31. The highest BCUT2D eigenvalue weighted by atomic mass is 35.5. The molecule has 0 fully saturated rings. The molecule has 0 atom stereocenters. The van der Waals surface area contributed by atoms with Gasteiger partial charge in [0.15, 0.2) is 11.0 Å². The quantitative estimate of drug-likeness (QED) is 0.296. The second-order valence-electron chi connectivity index (χ2n) is 6.80. The normalized spacial score (nSPS) is 11.1. The zero-order valence-electron chi connectivity index (χ0n) is 16.4. The van der Waals surface area contributed by atoms with Gasteiger partial charge < -0.3 is 4.74 Å². The molecule has 4 nitrogen and oxygen atoms in total. The first-order valence-electron chi connectivity index (χ1n) is 9.31. The van der Waals surface area contributed by atoms with E-state index < -0.39 is 0 Å². The molecule has 0 spiro atoms. The number of allylic oxidation sites excluding steroid dienone is 1. The first-order valence-corrected chi connectivity index (χ1v) is 10.7. The molecule has 3 aromatic rings. The van der Waals surface area contributed by atoms with Crippen LogP contribution in [-0.2, 0) is 18.9 Å². The van der Waals surface area contributed by atoms with E-state index in [1.165, 1.54) is 23.4 Å². The van der Waals surface area contributed by atoms with Crippen LogP contribution in [0.5, 0.6) is 5.75 Å². The lowest BCUT2D eigenvalue weighted by molar-refractivity contribution is 0.289. The van der Waals surface area contributed by atoms with E-state index in [1.807, 2.05) is 16.7 Å². The lowest BCUT2D eigenvalue weighted by Gasteiger charge is -2.11. The summed E-state index contributed by atoms with van der Waals surface area (Å²) < 4.78 is 21.8. The molecule has 3 rings (SSSR count). The number of aromatic nitrogens is 3. The van der Waals surface area contributed by atoms with E-state index in [0.717, 1.165) is 5.75 Å². The molecule has 1 heterocycles. The number of benzene rings is 2. The van der Waals surface area contributed by atoms with Crippen molar-refractivity contribution in [3.8, 4) is 5.75 Å². The summed E-state index contributed by atoms with van der Waals surface area (Å²) in [6, 6.07) is 12.7. The van der Waals surface area contributed by atoms with Crippen LogP contribution < -0.4 is 4.74 Å². The van der Waals surface area contributed by atoms with E-state index in [4.69, 9.17) is 16.3 Å². The van der Waals surface area contributed by atoms with Gasteiger partial charge in [0.05, 0.1) is 0 Å². The maximum absolute atomic E-state index is 14.0. The molecular formula is C22H23ClFN3OS. The summed E-state index contributed by atoms with van der Waals surface area (Å²) in [4.78, 5) is 0. The molecular weight excluding hydrogens is 409 g/mol. The van der Waals surface area contributed by atoms with Crippen molar-refractivity contribution in [3.63, 3.8) is 0 Å². The summed E-state index contributed by atoms with van der Waals surface area (Å²) in [7, 11) is 0. The van der Waals surface area contributed by atoms with Gasteiger partial charge in [0.25, 0.3) is 0 Å². The van der Waals surface area contributed by atoms with Crippen molar-refractivity contribution in [1.82, 2.24) is 14.8 Å². The van der Waals surface area contributed by atoms with Crippen LogP contribution in [0.25, 0.3) is 0 Å². The lowest BCUT2D eigenvalue weighted by atomic mass is 10.0. The molecule has 0 aliphatic rings. The van der Waals surface area contributed by atoms with E-state index in [0.29, 0.717) is 39.8 Å². The second kappa shape index (κ2) is 9.94. The number of hydrogen-bond acceptors (Lipinski definition) is 4. The van der Waals surface area contributed by atoms with Gasteiger partial charge >= 0.3 is 0 Å². The van der Waals surface area contributed by atoms with Gasteiger partial charge in [-0.25, -0.2) is 4.39 Å². The standard InChI is InChI=1S/C22H23ClFN3OS/c1-4-12-27-21(13-28-17-10-8-16(9-11-17)15(2)3)25-26-22(27)29-14-18-19(23)6-5-7-20(18)24/h4-11,15H,1,12-14H2,2-3H3. The Kier molecular flexibility index (Phi) is 7.34. The number of hydrogen-bond donors (Lipinski definition) is 0. The minimum atomic E-state index is -0.326. The Morgan fingerprint density at radius 3 is 2.62 bits per heavy atom. The number of ether oxygens (including phenoxy) is 1. The third-order valence-corrected chi connectivity index (χ3v) is 5.77. The fraction of sp³-hybridized carbons (Fsp3) is 0.273. The van der Waals surface area contributed by atoms with Crippen molar-refractivity contribution in [2.75, 3.05) is 0 Å². The predicted molar refractivity (Wildman–Crippen MR) is 116 cm³/mol. The highest BCUT2D eigenvalue weighted by Crippen LogP contribution is 2.28. The molecule has 0 aliphatic carbocycles. The number of nitrogens with zero attached hydrogens (tertiary/aromatic N) is 3. The minimum Gasteiger partial charge on any atom is -0.486 e. The third kappa shape index (κ3) is 5.40. The van der Waals surface area contributed by atoms with Crippen LogP contribution in [0.4, 0.5) is 4.39 Å². The van der Waals surface area contributed by atoms with E-state index in [-0.39, 0.29) is 12.4 Å². The molecule has 152 valence electrons. The molecule has 29 heavy (non-hydrogen) atoms. The Labute approximate surface area is 179 Å². The zero-order valence-corrected chi connectivity index (χ0v) is 18.0. The smallest absolute Gasteiger partial charge is 0.191 e. The summed E-state index contributed by atoms with van der Waals surface area (Å²) in [5.41, 5.74) is 1.72. The fourth-order valence-electron chi connectivity index (χ4n) is 2.75. The fourth-order valence-corrected chi connectivity index (χ4v) is 4.06. The number of rotatable bonds is 9. The molecule has 0 unspecified atom stereocenters. The Morgan fingerprint density at radius 2 is 1.97 bits per heavy atom. The summed E-state index contributed by atoms with van der Waals surface area (Å²) in [6.07, 6.45) is 1.77. The van der Waals surface area contributed by atoms with Crippen molar-refractivity contribution in [3.05, 3.63) is 82.9 Å². The Bertz CT molecular complexity index is 952. The van der Waals surface area contributed by atoms with Crippen LogP contribution in [0.15, 0.2) is 60.3 Å². The molecule has 2 aromatic carbocycles. The molecule has 0 aliphatic heterocycles. The molecule has 0 saturated heterocycles. The average molecular weight is 432 g/mol. The maximum Gasteiger partial charge on any atom is 0.191 e. The minimum absolute atomic E-state index is 0.281. The van der Waals surface area contributed by atoms with Crippen LogP contribution >= 0.6 is 23.4 Å². The Balaban J connectivity index is 1.70. The van der Waals surface area contributed by atoms with Crippen molar-refractivity contribution < 1.29 is 9.13 Å². The summed E-state index contributed by atoms with van der Waals surface area (Å²) in [5, 5.41) is 9.55. The molecule has 7 heteroatoms. The van der Waals surface area contributed by atoms with Crippen LogP contribution in [0.1, 0.15) is 36.7 Å². The number of halogens is 2. The van der Waals surface area contributed by atoms with Gasteiger partial charge in [-0.15, -0.1) is 16.8 Å².